The van der Waals surface area contributed by atoms with Crippen molar-refractivity contribution in [3.05, 3.63) is 59.0 Å². The van der Waals surface area contributed by atoms with Crippen molar-refractivity contribution in [3.8, 4) is 0 Å². The molecule has 2 unspecified atom stereocenters. The fourth-order valence-electron chi connectivity index (χ4n) is 2.06. The molecule has 0 fully saturated rings. The van der Waals surface area contributed by atoms with E-state index < -0.39 is 0 Å². The summed E-state index contributed by atoms with van der Waals surface area (Å²) in [5.41, 5.74) is 2.43. The maximum Gasteiger partial charge on any atom is 0.0950 e. The van der Waals surface area contributed by atoms with Crippen molar-refractivity contribution in [1.29, 1.82) is 0 Å². The number of hydrogen-bond acceptors (Lipinski definition) is 2. The van der Waals surface area contributed by atoms with Gasteiger partial charge >= 0.3 is 0 Å². The van der Waals surface area contributed by atoms with Gasteiger partial charge < -0.3 is 9.73 Å². The summed E-state index contributed by atoms with van der Waals surface area (Å²) >= 11 is 5.91. The van der Waals surface area contributed by atoms with Gasteiger partial charge in [-0.15, -0.1) is 0 Å². The Morgan fingerprint density at radius 3 is 2.44 bits per heavy atom. The summed E-state index contributed by atoms with van der Waals surface area (Å²) in [6.07, 6.45) is 4.52. The van der Waals surface area contributed by atoms with Crippen LogP contribution < -0.4 is 5.32 Å². The van der Waals surface area contributed by atoms with Crippen LogP contribution in [0.25, 0.3) is 0 Å². The molecule has 0 aliphatic rings. The van der Waals surface area contributed by atoms with E-state index in [-0.39, 0.29) is 6.04 Å². The molecule has 0 radical (unpaired) electrons. The van der Waals surface area contributed by atoms with E-state index in [0.717, 1.165) is 11.4 Å². The maximum atomic E-state index is 5.91. The standard InChI is InChI=1S/C15H18ClNO/c1-3-15(12-4-6-14(16)7-5-12)17-11(2)13-8-9-18-10-13/h4-11,15,17H,3H2,1-2H3. The Labute approximate surface area is 113 Å². The monoisotopic (exact) mass is 263 g/mol. The van der Waals surface area contributed by atoms with Gasteiger partial charge in [-0.2, -0.15) is 0 Å². The second kappa shape index (κ2) is 6.07. The molecule has 3 heteroatoms. The van der Waals surface area contributed by atoms with E-state index in [1.807, 2.05) is 18.2 Å². The van der Waals surface area contributed by atoms with E-state index in [9.17, 15) is 0 Å². The molecule has 2 aromatic rings. The molecule has 2 atom stereocenters. The largest absolute Gasteiger partial charge is 0.472 e. The van der Waals surface area contributed by atoms with Gasteiger partial charge in [0.2, 0.25) is 0 Å². The molecule has 0 bridgehead atoms. The average molecular weight is 264 g/mol. The summed E-state index contributed by atoms with van der Waals surface area (Å²) in [4.78, 5) is 0. The summed E-state index contributed by atoms with van der Waals surface area (Å²) in [5, 5.41) is 4.38. The third-order valence-electron chi connectivity index (χ3n) is 3.17. The highest BCUT2D eigenvalue weighted by atomic mass is 35.5. The molecule has 1 aromatic carbocycles. The van der Waals surface area contributed by atoms with Crippen LogP contribution in [0.4, 0.5) is 0 Å². The minimum Gasteiger partial charge on any atom is -0.472 e. The Bertz CT molecular complexity index is 464. The molecular weight excluding hydrogens is 246 g/mol. The van der Waals surface area contributed by atoms with Gasteiger partial charge in [0, 0.05) is 22.7 Å². The van der Waals surface area contributed by atoms with Crippen molar-refractivity contribution in [1.82, 2.24) is 5.32 Å². The topological polar surface area (TPSA) is 25.2 Å². The molecule has 1 N–H and O–H groups in total. The summed E-state index contributed by atoms with van der Waals surface area (Å²) in [7, 11) is 0. The van der Waals surface area contributed by atoms with Crippen molar-refractivity contribution < 1.29 is 4.42 Å². The molecule has 0 aliphatic carbocycles. The zero-order valence-corrected chi connectivity index (χ0v) is 11.4. The second-order valence-electron chi connectivity index (χ2n) is 4.46. The van der Waals surface area contributed by atoms with Crippen molar-refractivity contribution in [2.24, 2.45) is 0 Å². The van der Waals surface area contributed by atoms with E-state index in [4.69, 9.17) is 16.0 Å². The summed E-state index contributed by atoms with van der Waals surface area (Å²) < 4.78 is 5.11. The lowest BCUT2D eigenvalue weighted by Gasteiger charge is -2.22. The zero-order chi connectivity index (χ0) is 13.0. The minimum absolute atomic E-state index is 0.268. The molecule has 0 saturated carbocycles. The highest BCUT2D eigenvalue weighted by Crippen LogP contribution is 2.23. The average Bonchev–Trinajstić information content (AvgIpc) is 2.91. The Kier molecular flexibility index (Phi) is 4.45. The van der Waals surface area contributed by atoms with Gasteiger partial charge in [0.05, 0.1) is 12.5 Å². The van der Waals surface area contributed by atoms with Crippen molar-refractivity contribution in [2.45, 2.75) is 32.4 Å². The molecular formula is C15H18ClNO. The van der Waals surface area contributed by atoms with Gasteiger partial charge in [-0.05, 0) is 37.1 Å². The first kappa shape index (κ1) is 13.2. The van der Waals surface area contributed by atoms with E-state index in [2.05, 4.69) is 31.3 Å². The molecule has 18 heavy (non-hydrogen) atoms. The van der Waals surface area contributed by atoms with Gasteiger partial charge in [0.25, 0.3) is 0 Å². The van der Waals surface area contributed by atoms with Crippen LogP contribution in [0.2, 0.25) is 5.02 Å². The van der Waals surface area contributed by atoms with E-state index in [0.29, 0.717) is 6.04 Å². The van der Waals surface area contributed by atoms with Gasteiger partial charge in [-0.1, -0.05) is 30.7 Å². The smallest absolute Gasteiger partial charge is 0.0950 e. The lowest BCUT2D eigenvalue weighted by atomic mass is 10.0. The van der Waals surface area contributed by atoms with E-state index in [1.165, 1.54) is 11.1 Å². The van der Waals surface area contributed by atoms with Crippen LogP contribution in [-0.2, 0) is 0 Å². The predicted molar refractivity (Wildman–Crippen MR) is 74.7 cm³/mol. The molecule has 0 amide bonds. The predicted octanol–water partition coefficient (Wildman–Crippen LogP) is 4.73. The van der Waals surface area contributed by atoms with Crippen molar-refractivity contribution >= 4 is 11.6 Å². The number of nitrogens with one attached hydrogen (secondary N) is 1. The SMILES string of the molecule is CCC(NC(C)c1ccoc1)c1ccc(Cl)cc1. The Morgan fingerprint density at radius 1 is 1.17 bits per heavy atom. The minimum atomic E-state index is 0.268. The molecule has 1 aromatic heterocycles. The summed E-state index contributed by atoms with van der Waals surface area (Å²) in [5.74, 6) is 0. The van der Waals surface area contributed by atoms with E-state index in [1.54, 1.807) is 12.5 Å². The first-order chi connectivity index (χ1) is 8.70. The van der Waals surface area contributed by atoms with Crippen molar-refractivity contribution in [2.75, 3.05) is 0 Å². The summed E-state index contributed by atoms with van der Waals surface area (Å²) in [6.45, 7) is 4.32. The van der Waals surface area contributed by atoms with Crippen LogP contribution in [0, 0.1) is 0 Å². The highest BCUT2D eigenvalue weighted by Gasteiger charge is 2.14. The highest BCUT2D eigenvalue weighted by molar-refractivity contribution is 6.30. The molecule has 0 saturated heterocycles. The molecule has 96 valence electrons. The van der Waals surface area contributed by atoms with Crippen LogP contribution in [0.5, 0.6) is 0 Å². The zero-order valence-electron chi connectivity index (χ0n) is 10.7. The maximum absolute atomic E-state index is 5.91. The third kappa shape index (κ3) is 3.15. The third-order valence-corrected chi connectivity index (χ3v) is 3.43. The summed E-state index contributed by atoms with van der Waals surface area (Å²) in [6, 6.07) is 10.6. The molecule has 2 rings (SSSR count). The first-order valence-electron chi connectivity index (χ1n) is 6.24. The first-order valence-corrected chi connectivity index (χ1v) is 6.62. The number of halogens is 1. The molecule has 2 nitrogen and oxygen atoms in total. The van der Waals surface area contributed by atoms with Gasteiger partial charge in [-0.25, -0.2) is 0 Å². The lowest BCUT2D eigenvalue weighted by Crippen LogP contribution is -2.23. The van der Waals surface area contributed by atoms with E-state index >= 15 is 0 Å². The molecule has 0 aliphatic heterocycles. The molecule has 0 spiro atoms. The lowest BCUT2D eigenvalue weighted by molar-refractivity contribution is 0.452. The Balaban J connectivity index is 2.07. The fraction of sp³-hybridized carbons (Fsp3) is 0.333. The van der Waals surface area contributed by atoms with Gasteiger partial charge in [0.15, 0.2) is 0 Å². The van der Waals surface area contributed by atoms with Gasteiger partial charge in [-0.3, -0.25) is 0 Å². The molecule has 1 heterocycles. The van der Waals surface area contributed by atoms with Crippen LogP contribution in [-0.4, -0.2) is 0 Å². The fourth-order valence-corrected chi connectivity index (χ4v) is 2.19. The quantitative estimate of drug-likeness (QED) is 0.843. The second-order valence-corrected chi connectivity index (χ2v) is 4.89. The normalized spacial score (nSPS) is 14.4. The number of furan rings is 1. The Hall–Kier alpha value is -1.25. The van der Waals surface area contributed by atoms with Crippen LogP contribution in [0.15, 0.2) is 47.3 Å². The number of rotatable bonds is 5. The number of benzene rings is 1. The van der Waals surface area contributed by atoms with Crippen LogP contribution >= 0.6 is 11.6 Å². The van der Waals surface area contributed by atoms with Crippen LogP contribution in [0.3, 0.4) is 0 Å². The number of hydrogen-bond donors (Lipinski definition) is 1. The van der Waals surface area contributed by atoms with Gasteiger partial charge in [0.1, 0.15) is 0 Å². The van der Waals surface area contributed by atoms with Crippen LogP contribution in [0.1, 0.15) is 43.5 Å². The Morgan fingerprint density at radius 2 is 1.89 bits per heavy atom. The van der Waals surface area contributed by atoms with Crippen molar-refractivity contribution in [3.63, 3.8) is 0 Å².